The number of ketones is 1. The quantitative estimate of drug-likeness (QED) is 0.579. The number of nitrogen functional groups attached to an aromatic ring is 1. The Morgan fingerprint density at radius 2 is 1.77 bits per heavy atom. The molecule has 0 radical (unpaired) electrons. The van der Waals surface area contributed by atoms with E-state index in [-0.39, 0.29) is 11.8 Å². The zero-order valence-electron chi connectivity index (χ0n) is 14.7. The second-order valence-corrected chi connectivity index (χ2v) is 6.02. The predicted octanol–water partition coefficient (Wildman–Crippen LogP) is 4.18. The van der Waals surface area contributed by atoms with Crippen LogP contribution in [0.4, 0.5) is 23.0 Å². The van der Waals surface area contributed by atoms with Crippen LogP contribution in [-0.2, 0) is 0 Å². The summed E-state index contributed by atoms with van der Waals surface area (Å²) in [5, 5.41) is 6.46. The lowest BCUT2D eigenvalue weighted by Crippen LogP contribution is -2.11. The van der Waals surface area contributed by atoms with E-state index < -0.39 is 0 Å². The number of carbonyl (C=O) groups is 1. The average Bonchev–Trinajstić information content (AvgIpc) is 2.66. The number of aromatic nitrogens is 2. The number of rotatable bonds is 6. The Hall–Kier alpha value is -3.41. The average molecular weight is 347 g/mol. The van der Waals surface area contributed by atoms with E-state index in [9.17, 15) is 4.79 Å². The van der Waals surface area contributed by atoms with Gasteiger partial charge < -0.3 is 16.4 Å². The van der Waals surface area contributed by atoms with Crippen LogP contribution in [0.15, 0.2) is 60.9 Å². The summed E-state index contributed by atoms with van der Waals surface area (Å²) in [6, 6.07) is 17.3. The van der Waals surface area contributed by atoms with Gasteiger partial charge in [-0.3, -0.25) is 4.79 Å². The maximum absolute atomic E-state index is 11.5. The summed E-state index contributed by atoms with van der Waals surface area (Å²) in [4.78, 5) is 20.0. The summed E-state index contributed by atoms with van der Waals surface area (Å²) in [5.74, 6) is 1.05. The molecular formula is C20H21N5O. The molecule has 0 amide bonds. The fraction of sp³-hybridized carbons (Fsp3) is 0.150. The number of nitrogens with two attached hydrogens (primary N) is 1. The van der Waals surface area contributed by atoms with Crippen molar-refractivity contribution in [2.45, 2.75) is 19.9 Å². The fourth-order valence-electron chi connectivity index (χ4n) is 2.59. The molecule has 0 bridgehead atoms. The molecule has 1 heterocycles. The topological polar surface area (TPSA) is 92.9 Å². The van der Waals surface area contributed by atoms with Gasteiger partial charge in [-0.25, -0.2) is 9.97 Å². The monoisotopic (exact) mass is 347 g/mol. The Morgan fingerprint density at radius 3 is 2.50 bits per heavy atom. The molecule has 4 N–H and O–H groups in total. The number of Topliss-reactive ketones (excluding diaryl/α,β-unsaturated/α-hetero) is 1. The molecule has 3 rings (SSSR count). The van der Waals surface area contributed by atoms with Crippen molar-refractivity contribution >= 4 is 28.8 Å². The molecular weight excluding hydrogens is 326 g/mol. The molecule has 132 valence electrons. The first-order valence-corrected chi connectivity index (χ1v) is 8.34. The van der Waals surface area contributed by atoms with Crippen LogP contribution in [-0.4, -0.2) is 15.8 Å². The molecule has 0 aliphatic heterocycles. The number of carbonyl (C=O) groups excluding carboxylic acids is 1. The van der Waals surface area contributed by atoms with Crippen molar-refractivity contribution < 1.29 is 4.79 Å². The van der Waals surface area contributed by atoms with E-state index in [0.717, 1.165) is 11.3 Å². The van der Waals surface area contributed by atoms with Crippen LogP contribution in [0.2, 0.25) is 0 Å². The van der Waals surface area contributed by atoms with Crippen LogP contribution in [0.25, 0.3) is 0 Å². The first-order valence-electron chi connectivity index (χ1n) is 8.34. The van der Waals surface area contributed by atoms with Crippen molar-refractivity contribution in [1.29, 1.82) is 0 Å². The van der Waals surface area contributed by atoms with Gasteiger partial charge in [0.05, 0.1) is 6.04 Å². The number of hydrogen-bond donors (Lipinski definition) is 3. The zero-order chi connectivity index (χ0) is 18.5. The predicted molar refractivity (Wildman–Crippen MR) is 105 cm³/mol. The molecule has 6 heteroatoms. The third-order valence-corrected chi connectivity index (χ3v) is 4.07. The molecule has 0 fully saturated rings. The van der Waals surface area contributed by atoms with Gasteiger partial charge in [0.25, 0.3) is 0 Å². The van der Waals surface area contributed by atoms with Crippen LogP contribution in [0, 0.1) is 0 Å². The van der Waals surface area contributed by atoms with Crippen molar-refractivity contribution in [3.63, 3.8) is 0 Å². The van der Waals surface area contributed by atoms with Gasteiger partial charge >= 0.3 is 0 Å². The number of nitrogens with one attached hydrogen (secondary N) is 2. The lowest BCUT2D eigenvalue weighted by Gasteiger charge is -2.17. The summed E-state index contributed by atoms with van der Waals surface area (Å²) < 4.78 is 0. The van der Waals surface area contributed by atoms with Crippen molar-refractivity contribution in [1.82, 2.24) is 9.97 Å². The van der Waals surface area contributed by atoms with Crippen molar-refractivity contribution in [3.05, 3.63) is 72.1 Å². The third kappa shape index (κ3) is 3.97. The summed E-state index contributed by atoms with van der Waals surface area (Å²) in [5.41, 5.74) is 9.16. The smallest absolute Gasteiger partial charge is 0.159 e. The molecule has 0 saturated heterocycles. The first kappa shape index (κ1) is 17.4. The molecule has 1 unspecified atom stereocenters. The minimum atomic E-state index is 0.00310. The van der Waals surface area contributed by atoms with Crippen LogP contribution in [0.1, 0.15) is 35.8 Å². The summed E-state index contributed by atoms with van der Waals surface area (Å²) in [6.07, 6.45) is 1.45. The summed E-state index contributed by atoms with van der Waals surface area (Å²) in [7, 11) is 0. The van der Waals surface area contributed by atoms with E-state index in [1.54, 1.807) is 12.1 Å². The highest BCUT2D eigenvalue weighted by atomic mass is 16.1. The standard InChI is InChI=1S/C20H21N5O/c1-13(15-7-4-3-5-8-15)24-19-18(21)20(23-12-22-19)25-17-10-6-9-16(11-17)14(2)26/h3-13H,21H2,1-2H3,(H2,22,23,24,25). The van der Waals surface area contributed by atoms with Gasteiger partial charge in [-0.05, 0) is 31.5 Å². The Kier molecular flexibility index (Phi) is 5.12. The van der Waals surface area contributed by atoms with Gasteiger partial charge in [0, 0.05) is 11.3 Å². The molecule has 0 spiro atoms. The van der Waals surface area contributed by atoms with E-state index in [4.69, 9.17) is 5.73 Å². The SMILES string of the molecule is CC(=O)c1cccc(Nc2ncnc(NC(C)c3ccccc3)c2N)c1. The molecule has 3 aromatic rings. The third-order valence-electron chi connectivity index (χ3n) is 4.07. The zero-order valence-corrected chi connectivity index (χ0v) is 14.7. The maximum Gasteiger partial charge on any atom is 0.159 e. The van der Waals surface area contributed by atoms with Crippen LogP contribution >= 0.6 is 0 Å². The van der Waals surface area contributed by atoms with Gasteiger partial charge in [0.15, 0.2) is 17.4 Å². The number of benzene rings is 2. The highest BCUT2D eigenvalue weighted by Gasteiger charge is 2.12. The van der Waals surface area contributed by atoms with Crippen molar-refractivity contribution in [3.8, 4) is 0 Å². The Balaban J connectivity index is 1.81. The number of nitrogens with zero attached hydrogens (tertiary/aromatic N) is 2. The lowest BCUT2D eigenvalue weighted by atomic mass is 10.1. The molecule has 6 nitrogen and oxygen atoms in total. The second kappa shape index (κ2) is 7.65. The second-order valence-electron chi connectivity index (χ2n) is 6.02. The number of anilines is 4. The van der Waals surface area contributed by atoms with Crippen molar-refractivity contribution in [2.24, 2.45) is 0 Å². The highest BCUT2D eigenvalue weighted by Crippen LogP contribution is 2.28. The Morgan fingerprint density at radius 1 is 1.04 bits per heavy atom. The molecule has 2 aromatic carbocycles. The van der Waals surface area contributed by atoms with Gasteiger partial charge in [-0.1, -0.05) is 42.5 Å². The van der Waals surface area contributed by atoms with Gasteiger partial charge in [0.2, 0.25) is 0 Å². The maximum atomic E-state index is 11.5. The largest absolute Gasteiger partial charge is 0.393 e. The minimum absolute atomic E-state index is 0.00310. The minimum Gasteiger partial charge on any atom is -0.393 e. The van der Waals surface area contributed by atoms with E-state index in [0.29, 0.717) is 22.9 Å². The molecule has 26 heavy (non-hydrogen) atoms. The highest BCUT2D eigenvalue weighted by molar-refractivity contribution is 5.95. The van der Waals surface area contributed by atoms with E-state index >= 15 is 0 Å². The van der Waals surface area contributed by atoms with Gasteiger partial charge in [0.1, 0.15) is 12.0 Å². The normalized spacial score (nSPS) is 11.6. The molecule has 0 aliphatic rings. The van der Waals surface area contributed by atoms with Crippen LogP contribution < -0.4 is 16.4 Å². The van der Waals surface area contributed by atoms with Gasteiger partial charge in [-0.15, -0.1) is 0 Å². The van der Waals surface area contributed by atoms with Crippen LogP contribution in [0.5, 0.6) is 0 Å². The van der Waals surface area contributed by atoms with Gasteiger partial charge in [-0.2, -0.15) is 0 Å². The Labute approximate surface area is 152 Å². The van der Waals surface area contributed by atoms with Crippen LogP contribution in [0.3, 0.4) is 0 Å². The molecule has 1 aromatic heterocycles. The van der Waals surface area contributed by atoms with E-state index in [2.05, 4.69) is 20.6 Å². The lowest BCUT2D eigenvalue weighted by molar-refractivity contribution is 0.101. The first-order chi connectivity index (χ1) is 12.5. The van der Waals surface area contributed by atoms with E-state index in [1.165, 1.54) is 13.3 Å². The molecule has 0 aliphatic carbocycles. The fourth-order valence-corrected chi connectivity index (χ4v) is 2.59. The molecule has 1 atom stereocenters. The summed E-state index contributed by atoms with van der Waals surface area (Å²) >= 11 is 0. The number of hydrogen-bond acceptors (Lipinski definition) is 6. The Bertz CT molecular complexity index is 911. The summed E-state index contributed by atoms with van der Waals surface area (Å²) in [6.45, 7) is 3.57. The van der Waals surface area contributed by atoms with E-state index in [1.807, 2.05) is 49.4 Å². The van der Waals surface area contributed by atoms with Crippen molar-refractivity contribution in [2.75, 3.05) is 16.4 Å². The molecule has 0 saturated carbocycles.